The smallest absolute Gasteiger partial charge is 0.241 e. The van der Waals surface area contributed by atoms with Crippen molar-refractivity contribution in [3.05, 3.63) is 107 Å². The van der Waals surface area contributed by atoms with Crippen LogP contribution in [0.25, 0.3) is 22.5 Å². The van der Waals surface area contributed by atoms with E-state index >= 15 is 0 Å². The summed E-state index contributed by atoms with van der Waals surface area (Å²) in [6.07, 6.45) is 2.39. The van der Waals surface area contributed by atoms with Gasteiger partial charge in [0.1, 0.15) is 11.5 Å². The van der Waals surface area contributed by atoms with E-state index in [1.165, 1.54) is 10.4 Å². The number of nitrogens with one attached hydrogen (secondary N) is 2. The zero-order valence-electron chi connectivity index (χ0n) is 30.2. The van der Waals surface area contributed by atoms with Gasteiger partial charge in [-0.1, -0.05) is 60.7 Å². The monoisotopic (exact) mass is 737 g/mol. The van der Waals surface area contributed by atoms with Crippen molar-refractivity contribution in [2.24, 2.45) is 5.92 Å². The number of hydrogen-bond acceptors (Lipinski definition) is 10. The van der Waals surface area contributed by atoms with Gasteiger partial charge in [-0.3, -0.25) is 0 Å². The number of aliphatic hydroxyl groups is 1. The number of aromatic nitrogens is 4. The van der Waals surface area contributed by atoms with Gasteiger partial charge in [-0.25, -0.2) is 13.1 Å². The van der Waals surface area contributed by atoms with Crippen LogP contribution in [0.1, 0.15) is 41.0 Å². The number of sulfonamides is 1. The molecule has 2 aliphatic heterocycles. The van der Waals surface area contributed by atoms with Crippen LogP contribution in [0, 0.1) is 5.92 Å². The molecular formula is C40H47N7O5S. The highest BCUT2D eigenvalue weighted by atomic mass is 32.2. The molecule has 0 unspecified atom stereocenters. The molecule has 2 saturated heterocycles. The summed E-state index contributed by atoms with van der Waals surface area (Å²) in [4.78, 5) is 3.93. The lowest BCUT2D eigenvalue weighted by Gasteiger charge is -2.32. The quantitative estimate of drug-likeness (QED) is 0.141. The number of nitrogens with zero attached hydrogens (tertiary/aromatic N) is 5. The van der Waals surface area contributed by atoms with Gasteiger partial charge in [-0.05, 0) is 101 Å². The van der Waals surface area contributed by atoms with Crippen LogP contribution in [0.2, 0.25) is 0 Å². The number of methoxy groups -OCH3 is 2. The van der Waals surface area contributed by atoms with Gasteiger partial charge >= 0.3 is 0 Å². The van der Waals surface area contributed by atoms with Gasteiger partial charge in [0.15, 0.2) is 0 Å². The Morgan fingerprint density at radius 1 is 0.868 bits per heavy atom. The van der Waals surface area contributed by atoms with Crippen LogP contribution in [-0.2, 0) is 29.5 Å². The number of piperidine rings is 1. The third-order valence-corrected chi connectivity index (χ3v) is 11.9. The van der Waals surface area contributed by atoms with E-state index in [4.69, 9.17) is 14.6 Å². The molecule has 0 atom stereocenters. The average Bonchev–Trinajstić information content (AvgIpc) is 3.63. The average molecular weight is 738 g/mol. The lowest BCUT2D eigenvalue weighted by molar-refractivity contribution is 0.147. The lowest BCUT2D eigenvalue weighted by Crippen LogP contribution is -2.39. The molecule has 53 heavy (non-hydrogen) atoms. The molecule has 13 heteroatoms. The number of benzene rings is 4. The van der Waals surface area contributed by atoms with E-state index in [1.807, 2.05) is 60.7 Å². The minimum absolute atomic E-state index is 0.0939. The van der Waals surface area contributed by atoms with Crippen molar-refractivity contribution in [2.45, 2.75) is 43.2 Å². The first kappa shape index (κ1) is 36.7. The van der Waals surface area contributed by atoms with Gasteiger partial charge in [0.2, 0.25) is 15.8 Å². The molecule has 0 aliphatic carbocycles. The van der Waals surface area contributed by atoms with E-state index in [-0.39, 0.29) is 29.8 Å². The van der Waals surface area contributed by atoms with Crippen molar-refractivity contribution in [3.63, 3.8) is 0 Å². The Kier molecular flexibility index (Phi) is 11.5. The molecule has 7 rings (SSSR count). The molecule has 2 fully saturated rings. The van der Waals surface area contributed by atoms with Crippen LogP contribution in [0.4, 0.5) is 0 Å². The van der Waals surface area contributed by atoms with Crippen LogP contribution in [-0.4, -0.2) is 92.2 Å². The van der Waals surface area contributed by atoms with E-state index in [1.54, 1.807) is 14.2 Å². The molecule has 0 saturated carbocycles. The van der Waals surface area contributed by atoms with E-state index in [9.17, 15) is 13.5 Å². The van der Waals surface area contributed by atoms with Crippen LogP contribution >= 0.6 is 0 Å². The Hall–Kier alpha value is -4.66. The highest BCUT2D eigenvalue weighted by molar-refractivity contribution is 7.89. The predicted molar refractivity (Wildman–Crippen MR) is 203 cm³/mol. The highest BCUT2D eigenvalue weighted by Gasteiger charge is 2.31. The number of rotatable bonds is 15. The topological polar surface area (TPSA) is 144 Å². The molecule has 4 aromatic carbocycles. The number of tetrazole rings is 1. The van der Waals surface area contributed by atoms with Crippen molar-refractivity contribution in [1.29, 1.82) is 0 Å². The summed E-state index contributed by atoms with van der Waals surface area (Å²) < 4.78 is 43.1. The molecule has 0 bridgehead atoms. The molecule has 0 spiro atoms. The summed E-state index contributed by atoms with van der Waals surface area (Å²) in [5.74, 6) is 2.42. The van der Waals surface area contributed by atoms with E-state index in [0.29, 0.717) is 36.7 Å². The van der Waals surface area contributed by atoms with Crippen molar-refractivity contribution in [2.75, 3.05) is 53.6 Å². The molecule has 1 aromatic heterocycles. The van der Waals surface area contributed by atoms with Gasteiger partial charge in [0, 0.05) is 32.1 Å². The van der Waals surface area contributed by atoms with Gasteiger partial charge in [0.25, 0.3) is 0 Å². The highest BCUT2D eigenvalue weighted by Crippen LogP contribution is 2.40. The van der Waals surface area contributed by atoms with Gasteiger partial charge in [-0.2, -0.15) is 4.80 Å². The maximum atomic E-state index is 14.8. The second kappa shape index (κ2) is 16.6. The van der Waals surface area contributed by atoms with E-state index < -0.39 is 10.0 Å². The number of hydrogen-bond donors (Lipinski definition) is 3. The summed E-state index contributed by atoms with van der Waals surface area (Å²) in [5.41, 5.74) is 5.74. The lowest BCUT2D eigenvalue weighted by atomic mass is 9.87. The largest absolute Gasteiger partial charge is 0.497 e. The summed E-state index contributed by atoms with van der Waals surface area (Å²) >= 11 is 0. The summed E-state index contributed by atoms with van der Waals surface area (Å²) in [7, 11) is -0.894. The van der Waals surface area contributed by atoms with Crippen LogP contribution < -0.4 is 19.5 Å². The zero-order valence-corrected chi connectivity index (χ0v) is 31.1. The SMILES string of the molecule is COc1ccc(CNS(=O)(=O)c2c(CC3CCN(CCO)CC3)ccc(-c3ccc(C4CNC4)cc3)c2-c2nnn(Cc3ccc(OC)cc3)n2)cc1. The second-order valence-corrected chi connectivity index (χ2v) is 15.5. The molecule has 2 aliphatic rings. The molecule has 12 nitrogen and oxygen atoms in total. The summed E-state index contributed by atoms with van der Waals surface area (Å²) in [6.45, 7) is 4.83. The maximum Gasteiger partial charge on any atom is 0.241 e. The van der Waals surface area contributed by atoms with Crippen LogP contribution in [0.15, 0.2) is 89.8 Å². The molecular weight excluding hydrogens is 691 g/mol. The Bertz CT molecular complexity index is 2080. The summed E-state index contributed by atoms with van der Waals surface area (Å²) in [5, 5.41) is 26.6. The minimum Gasteiger partial charge on any atom is -0.497 e. The van der Waals surface area contributed by atoms with Gasteiger partial charge < -0.3 is 24.8 Å². The molecule has 278 valence electrons. The van der Waals surface area contributed by atoms with Gasteiger partial charge in [-0.15, -0.1) is 10.2 Å². The number of likely N-dealkylation sites (tertiary alicyclic amines) is 1. The fourth-order valence-electron chi connectivity index (χ4n) is 7.18. The first-order valence-electron chi connectivity index (χ1n) is 18.2. The van der Waals surface area contributed by atoms with Crippen LogP contribution in [0.3, 0.4) is 0 Å². The Labute approximate surface area is 311 Å². The van der Waals surface area contributed by atoms with Crippen molar-refractivity contribution >= 4 is 10.0 Å². The maximum absolute atomic E-state index is 14.8. The molecule has 0 radical (unpaired) electrons. The second-order valence-electron chi connectivity index (χ2n) is 13.8. The Balaban J connectivity index is 1.31. The van der Waals surface area contributed by atoms with Crippen molar-refractivity contribution in [3.8, 4) is 34.0 Å². The Morgan fingerprint density at radius 2 is 1.53 bits per heavy atom. The molecule has 0 amide bonds. The predicted octanol–water partition coefficient (Wildman–Crippen LogP) is 4.48. The fourth-order valence-corrected chi connectivity index (χ4v) is 8.65. The van der Waals surface area contributed by atoms with E-state index in [2.05, 4.69) is 49.5 Å². The fraction of sp³-hybridized carbons (Fsp3) is 0.375. The molecule has 3 N–H and O–H groups in total. The number of β-amino-alcohol motifs (C(OH)–C–C–N with tert-alkyl or cyclic N) is 1. The third kappa shape index (κ3) is 8.61. The number of ether oxygens (including phenoxy) is 2. The van der Waals surface area contributed by atoms with Gasteiger partial charge in [0.05, 0.1) is 37.8 Å². The first-order chi connectivity index (χ1) is 25.8. The zero-order chi connectivity index (χ0) is 36.8. The summed E-state index contributed by atoms with van der Waals surface area (Å²) in [6, 6.07) is 27.3. The normalized spacial score (nSPS) is 15.7. The minimum atomic E-state index is -4.12. The number of aliphatic hydroxyl groups excluding tert-OH is 1. The van der Waals surface area contributed by atoms with Crippen molar-refractivity contribution in [1.82, 2.24) is 35.1 Å². The Morgan fingerprint density at radius 3 is 2.13 bits per heavy atom. The molecule has 5 aromatic rings. The van der Waals surface area contributed by atoms with E-state index in [0.717, 1.165) is 72.6 Å². The third-order valence-electron chi connectivity index (χ3n) is 10.4. The van der Waals surface area contributed by atoms with Crippen LogP contribution in [0.5, 0.6) is 11.5 Å². The van der Waals surface area contributed by atoms with Crippen molar-refractivity contribution < 1.29 is 23.0 Å². The standard InChI is InChI=1S/C40H47N7O5S/c1-51-35-12-3-29(4-13-35)24-42-53(49,50)39-33(23-28-17-19-46(20-18-28)21-22-48)11-16-37(32-9-7-31(8-10-32)34-25-41-26-34)38(39)40-43-45-47(44-40)27-30-5-14-36(52-2)15-6-30/h3-16,28,34,41-42,48H,17-27H2,1-2H3. The molecule has 3 heterocycles. The first-order valence-corrected chi connectivity index (χ1v) is 19.7.